The topological polar surface area (TPSA) is 65.5 Å². The number of nitrogens with zero attached hydrogens (tertiary/aromatic N) is 2. The van der Waals surface area contributed by atoms with Gasteiger partial charge in [0, 0.05) is 38.6 Å². The van der Waals surface area contributed by atoms with Crippen LogP contribution in [-0.2, 0) is 6.42 Å². The molecule has 5 nitrogen and oxygen atoms in total. The standard InChI is InChI=1S/C21H27N3O2/c25-20(19-7-4-12-22-17-19)23-13-16-24-14-10-21(26,11-15-24)9-8-18-5-2-1-3-6-18/h1-7,12,17,26H,8-11,13-16H2,(H,23,25). The molecule has 0 saturated carbocycles. The minimum absolute atomic E-state index is 0.0884. The molecule has 2 N–H and O–H groups in total. The van der Waals surface area contributed by atoms with Crippen LogP contribution >= 0.6 is 0 Å². The van der Waals surface area contributed by atoms with Crippen molar-refractivity contribution in [1.82, 2.24) is 15.2 Å². The lowest BCUT2D eigenvalue weighted by atomic mass is 9.86. The third-order valence-corrected chi connectivity index (χ3v) is 5.15. The highest BCUT2D eigenvalue weighted by atomic mass is 16.3. The minimum atomic E-state index is -0.564. The van der Waals surface area contributed by atoms with Gasteiger partial charge in [-0.25, -0.2) is 0 Å². The summed E-state index contributed by atoms with van der Waals surface area (Å²) in [6.07, 6.45) is 6.53. The Morgan fingerprint density at radius 2 is 1.92 bits per heavy atom. The van der Waals surface area contributed by atoms with Crippen molar-refractivity contribution in [2.45, 2.75) is 31.3 Å². The highest BCUT2D eigenvalue weighted by molar-refractivity contribution is 5.93. The van der Waals surface area contributed by atoms with E-state index in [2.05, 4.69) is 27.3 Å². The number of hydrogen-bond donors (Lipinski definition) is 2. The first-order valence-electron chi connectivity index (χ1n) is 9.32. The molecule has 1 fully saturated rings. The maximum atomic E-state index is 12.0. The van der Waals surface area contributed by atoms with Crippen molar-refractivity contribution in [2.75, 3.05) is 26.2 Å². The van der Waals surface area contributed by atoms with Crippen molar-refractivity contribution in [3.63, 3.8) is 0 Å². The van der Waals surface area contributed by atoms with E-state index in [1.54, 1.807) is 24.5 Å². The molecule has 1 saturated heterocycles. The van der Waals surface area contributed by atoms with Crippen LogP contribution in [0.5, 0.6) is 0 Å². The van der Waals surface area contributed by atoms with E-state index in [1.165, 1.54) is 5.56 Å². The van der Waals surface area contributed by atoms with Gasteiger partial charge >= 0.3 is 0 Å². The number of aromatic nitrogens is 1. The van der Waals surface area contributed by atoms with Gasteiger partial charge in [-0.15, -0.1) is 0 Å². The molecule has 0 radical (unpaired) electrons. The molecule has 138 valence electrons. The fourth-order valence-electron chi connectivity index (χ4n) is 3.39. The number of hydrogen-bond acceptors (Lipinski definition) is 4. The van der Waals surface area contributed by atoms with Crippen molar-refractivity contribution >= 4 is 5.91 Å². The summed E-state index contributed by atoms with van der Waals surface area (Å²) in [4.78, 5) is 18.3. The molecule has 1 aromatic carbocycles. The molecule has 1 amide bonds. The third-order valence-electron chi connectivity index (χ3n) is 5.15. The van der Waals surface area contributed by atoms with Gasteiger partial charge in [-0.1, -0.05) is 30.3 Å². The quantitative estimate of drug-likeness (QED) is 0.801. The molecular formula is C21H27N3O2. The van der Waals surface area contributed by atoms with Crippen molar-refractivity contribution < 1.29 is 9.90 Å². The molecule has 1 aliphatic heterocycles. The van der Waals surface area contributed by atoms with Crippen LogP contribution in [0.15, 0.2) is 54.9 Å². The predicted molar refractivity (Wildman–Crippen MR) is 102 cm³/mol. The van der Waals surface area contributed by atoms with E-state index >= 15 is 0 Å². The van der Waals surface area contributed by atoms with Gasteiger partial charge in [-0.05, 0) is 43.4 Å². The van der Waals surface area contributed by atoms with E-state index < -0.39 is 5.60 Å². The third kappa shape index (κ3) is 5.38. The molecular weight excluding hydrogens is 326 g/mol. The Morgan fingerprint density at radius 3 is 2.62 bits per heavy atom. The Kier molecular flexibility index (Phi) is 6.36. The number of amides is 1. The second-order valence-electron chi connectivity index (χ2n) is 7.05. The average molecular weight is 353 g/mol. The van der Waals surface area contributed by atoms with Crippen LogP contribution in [0.25, 0.3) is 0 Å². The molecule has 0 spiro atoms. The summed E-state index contributed by atoms with van der Waals surface area (Å²) < 4.78 is 0. The maximum Gasteiger partial charge on any atom is 0.252 e. The zero-order valence-corrected chi connectivity index (χ0v) is 15.1. The Hall–Kier alpha value is -2.24. The van der Waals surface area contributed by atoms with E-state index in [4.69, 9.17) is 0 Å². The lowest BCUT2D eigenvalue weighted by Gasteiger charge is -2.38. The largest absolute Gasteiger partial charge is 0.390 e. The molecule has 2 heterocycles. The van der Waals surface area contributed by atoms with Crippen molar-refractivity contribution in [3.8, 4) is 0 Å². The summed E-state index contributed by atoms with van der Waals surface area (Å²) in [6.45, 7) is 3.15. The van der Waals surface area contributed by atoms with Crippen molar-refractivity contribution in [3.05, 3.63) is 66.0 Å². The van der Waals surface area contributed by atoms with Crippen molar-refractivity contribution in [1.29, 1.82) is 0 Å². The molecule has 1 aromatic heterocycles. The smallest absolute Gasteiger partial charge is 0.252 e. The fourth-order valence-corrected chi connectivity index (χ4v) is 3.39. The summed E-state index contributed by atoms with van der Waals surface area (Å²) in [5, 5.41) is 13.7. The Labute approximate surface area is 155 Å². The molecule has 5 heteroatoms. The van der Waals surface area contributed by atoms with Crippen LogP contribution < -0.4 is 5.32 Å². The normalized spacial score (nSPS) is 17.0. The lowest BCUT2D eigenvalue weighted by Crippen LogP contribution is -2.46. The second-order valence-corrected chi connectivity index (χ2v) is 7.05. The Bertz CT molecular complexity index is 683. The molecule has 3 rings (SSSR count). The van der Waals surface area contributed by atoms with Gasteiger partial charge < -0.3 is 15.3 Å². The van der Waals surface area contributed by atoms with E-state index in [9.17, 15) is 9.90 Å². The number of nitrogens with one attached hydrogen (secondary N) is 1. The number of likely N-dealkylation sites (tertiary alicyclic amines) is 1. The second kappa shape index (κ2) is 8.92. The summed E-state index contributed by atoms with van der Waals surface area (Å²) in [5.74, 6) is -0.0884. The number of piperidine rings is 1. The van der Waals surface area contributed by atoms with Gasteiger partial charge in [0.15, 0.2) is 0 Å². The molecule has 2 aromatic rings. The van der Waals surface area contributed by atoms with E-state index in [0.29, 0.717) is 12.1 Å². The van der Waals surface area contributed by atoms with Gasteiger partial charge in [-0.2, -0.15) is 0 Å². The zero-order valence-electron chi connectivity index (χ0n) is 15.1. The van der Waals surface area contributed by atoms with Crippen molar-refractivity contribution in [2.24, 2.45) is 0 Å². The van der Waals surface area contributed by atoms with Gasteiger partial charge in [-0.3, -0.25) is 9.78 Å². The SMILES string of the molecule is O=C(NCCN1CCC(O)(CCc2ccccc2)CC1)c1cccnc1. The van der Waals surface area contributed by atoms with Crippen LogP contribution in [-0.4, -0.2) is 52.7 Å². The fraction of sp³-hybridized carbons (Fsp3) is 0.429. The van der Waals surface area contributed by atoms with Gasteiger partial charge in [0.2, 0.25) is 0 Å². The monoisotopic (exact) mass is 353 g/mol. The van der Waals surface area contributed by atoms with Crippen LogP contribution in [0.3, 0.4) is 0 Å². The number of aryl methyl sites for hydroxylation is 1. The predicted octanol–water partition coefficient (Wildman–Crippen LogP) is 2.27. The first-order valence-corrected chi connectivity index (χ1v) is 9.32. The van der Waals surface area contributed by atoms with E-state index in [1.807, 2.05) is 18.2 Å². The molecule has 0 aliphatic carbocycles. The van der Waals surface area contributed by atoms with Gasteiger partial charge in [0.05, 0.1) is 11.2 Å². The molecule has 1 aliphatic rings. The number of carbonyl (C=O) groups excluding carboxylic acids is 1. The van der Waals surface area contributed by atoms with Crippen LogP contribution in [0.1, 0.15) is 35.2 Å². The number of aliphatic hydroxyl groups is 1. The molecule has 0 bridgehead atoms. The number of benzene rings is 1. The first kappa shape index (κ1) is 18.5. The highest BCUT2D eigenvalue weighted by Gasteiger charge is 2.31. The maximum absolute atomic E-state index is 12.0. The van der Waals surface area contributed by atoms with Crippen LogP contribution in [0.2, 0.25) is 0 Å². The molecule has 26 heavy (non-hydrogen) atoms. The number of carbonyl (C=O) groups is 1. The van der Waals surface area contributed by atoms with E-state index in [-0.39, 0.29) is 5.91 Å². The Balaban J connectivity index is 1.36. The first-order chi connectivity index (χ1) is 12.6. The van der Waals surface area contributed by atoms with Gasteiger partial charge in [0.1, 0.15) is 0 Å². The number of rotatable bonds is 7. The minimum Gasteiger partial charge on any atom is -0.390 e. The highest BCUT2D eigenvalue weighted by Crippen LogP contribution is 2.27. The summed E-state index contributed by atoms with van der Waals surface area (Å²) in [6, 6.07) is 13.9. The molecule has 0 atom stereocenters. The number of pyridine rings is 1. The van der Waals surface area contributed by atoms with Gasteiger partial charge in [0.25, 0.3) is 5.91 Å². The summed E-state index contributed by atoms with van der Waals surface area (Å²) in [7, 11) is 0. The van der Waals surface area contributed by atoms with Crippen LogP contribution in [0.4, 0.5) is 0 Å². The molecule has 0 unspecified atom stereocenters. The Morgan fingerprint density at radius 1 is 1.15 bits per heavy atom. The summed E-state index contributed by atoms with van der Waals surface area (Å²) >= 11 is 0. The zero-order chi connectivity index (χ0) is 18.2. The average Bonchev–Trinajstić information content (AvgIpc) is 2.70. The summed E-state index contributed by atoms with van der Waals surface area (Å²) in [5.41, 5.74) is 1.30. The lowest BCUT2D eigenvalue weighted by molar-refractivity contribution is -0.0269. The van der Waals surface area contributed by atoms with E-state index in [0.717, 1.165) is 45.3 Å². The van der Waals surface area contributed by atoms with Crippen LogP contribution in [0, 0.1) is 0 Å².